The highest BCUT2D eigenvalue weighted by atomic mass is 16.6. The fraction of sp³-hybridized carbons (Fsp3) is 0.588. The van der Waals surface area contributed by atoms with E-state index in [9.17, 15) is 10.1 Å². The van der Waals surface area contributed by atoms with Crippen LogP contribution in [0.5, 0.6) is 0 Å². The molecule has 1 aliphatic carbocycles. The summed E-state index contributed by atoms with van der Waals surface area (Å²) in [5.41, 5.74) is 0.738. The molecule has 2 atom stereocenters. The van der Waals surface area contributed by atoms with E-state index in [1.165, 1.54) is 18.9 Å². The second-order valence-electron chi connectivity index (χ2n) is 6.35. The van der Waals surface area contributed by atoms with Gasteiger partial charge in [0.1, 0.15) is 11.6 Å². The van der Waals surface area contributed by atoms with E-state index in [4.69, 9.17) is 10.00 Å². The predicted octanol–water partition coefficient (Wildman–Crippen LogP) is 2.52. The van der Waals surface area contributed by atoms with Gasteiger partial charge < -0.3 is 10.1 Å². The zero-order valence-corrected chi connectivity index (χ0v) is 13.6. The number of nitrogens with one attached hydrogen (secondary N) is 1. The topological polar surface area (TPSA) is 91.4 Å². The average molecular weight is 330 g/mol. The molecule has 0 radical (unpaired) electrons. The highest BCUT2D eigenvalue weighted by molar-refractivity contribution is 5.59. The lowest BCUT2D eigenvalue weighted by molar-refractivity contribution is -0.385. The Hall–Kier alpha value is -2.17. The number of morpholine rings is 1. The second kappa shape index (κ2) is 7.60. The maximum atomic E-state index is 11.0. The lowest BCUT2D eigenvalue weighted by Gasteiger charge is -2.42. The van der Waals surface area contributed by atoms with Crippen molar-refractivity contribution < 1.29 is 9.66 Å². The van der Waals surface area contributed by atoms with Gasteiger partial charge in [0.05, 0.1) is 18.1 Å². The van der Waals surface area contributed by atoms with E-state index in [2.05, 4.69) is 10.2 Å². The highest BCUT2D eigenvalue weighted by Gasteiger charge is 2.31. The molecule has 1 aromatic carbocycles. The third-order valence-corrected chi connectivity index (χ3v) is 4.91. The molecule has 0 bridgehead atoms. The molecule has 128 valence electrons. The quantitative estimate of drug-likeness (QED) is 0.674. The fourth-order valence-corrected chi connectivity index (χ4v) is 3.71. The third-order valence-electron chi connectivity index (χ3n) is 4.91. The van der Waals surface area contributed by atoms with E-state index < -0.39 is 4.92 Å². The number of nitro groups is 1. The smallest absolute Gasteiger partial charge is 0.287 e. The minimum atomic E-state index is -0.514. The maximum absolute atomic E-state index is 11.0. The first-order valence-electron chi connectivity index (χ1n) is 8.46. The Kier molecular flexibility index (Phi) is 5.28. The van der Waals surface area contributed by atoms with E-state index >= 15 is 0 Å². The van der Waals surface area contributed by atoms with Gasteiger partial charge in [-0.25, -0.2) is 0 Å². The minimum absolute atomic E-state index is 0.101. The summed E-state index contributed by atoms with van der Waals surface area (Å²) in [5.74, 6) is 0. The van der Waals surface area contributed by atoms with Crippen molar-refractivity contribution in [3.8, 4) is 6.07 Å². The van der Waals surface area contributed by atoms with Gasteiger partial charge in [-0.1, -0.05) is 12.8 Å². The van der Waals surface area contributed by atoms with Crippen molar-refractivity contribution in [3.05, 3.63) is 33.9 Å². The summed E-state index contributed by atoms with van der Waals surface area (Å²) in [7, 11) is 0. The van der Waals surface area contributed by atoms with E-state index in [0.29, 0.717) is 12.1 Å². The zero-order chi connectivity index (χ0) is 16.9. The molecule has 3 rings (SSSR count). The molecule has 7 heteroatoms. The van der Waals surface area contributed by atoms with Gasteiger partial charge in [-0.2, -0.15) is 5.26 Å². The van der Waals surface area contributed by atoms with Gasteiger partial charge in [0.2, 0.25) is 0 Å². The van der Waals surface area contributed by atoms with Crippen molar-refractivity contribution in [3.63, 3.8) is 0 Å². The van der Waals surface area contributed by atoms with Gasteiger partial charge >= 0.3 is 0 Å². The summed E-state index contributed by atoms with van der Waals surface area (Å²) in [6.07, 6.45) is 4.62. The molecule has 2 fully saturated rings. The first kappa shape index (κ1) is 16.7. The van der Waals surface area contributed by atoms with Crippen LogP contribution in [-0.2, 0) is 4.74 Å². The summed E-state index contributed by atoms with van der Waals surface area (Å²) in [4.78, 5) is 12.9. The van der Waals surface area contributed by atoms with Crippen LogP contribution in [0.4, 0.5) is 11.4 Å². The Morgan fingerprint density at radius 1 is 1.29 bits per heavy atom. The monoisotopic (exact) mass is 330 g/mol. The normalized spacial score (nSPS) is 25.0. The SMILES string of the molecule is N#Cc1cc(N[C@H]2CCCC[C@H]2N2CCOCC2)ccc1[N+](=O)[O-]. The number of nitrogens with zero attached hydrogens (tertiary/aromatic N) is 3. The standard InChI is InChI=1S/C17H22N4O3/c18-12-13-11-14(5-6-16(13)21(22)23)19-15-3-1-2-4-17(15)20-7-9-24-10-8-20/h5-6,11,15,17,19H,1-4,7-10H2/t15-,17+/m0/s1. The Bertz CT molecular complexity index is 637. The van der Waals surface area contributed by atoms with Crippen molar-refractivity contribution in [1.82, 2.24) is 4.90 Å². The molecule has 24 heavy (non-hydrogen) atoms. The molecule has 1 N–H and O–H groups in total. The van der Waals surface area contributed by atoms with Crippen LogP contribution in [0, 0.1) is 21.4 Å². The lowest BCUT2D eigenvalue weighted by atomic mass is 9.88. The van der Waals surface area contributed by atoms with Gasteiger partial charge in [0.15, 0.2) is 0 Å². The molecule has 7 nitrogen and oxygen atoms in total. The number of nitriles is 1. The number of benzene rings is 1. The van der Waals surface area contributed by atoms with E-state index in [-0.39, 0.29) is 11.3 Å². The largest absolute Gasteiger partial charge is 0.381 e. The summed E-state index contributed by atoms with van der Waals surface area (Å²) in [6, 6.07) is 7.36. The first-order chi connectivity index (χ1) is 11.7. The second-order valence-corrected chi connectivity index (χ2v) is 6.35. The fourth-order valence-electron chi connectivity index (χ4n) is 3.71. The van der Waals surface area contributed by atoms with Gasteiger partial charge in [-0.15, -0.1) is 0 Å². The summed E-state index contributed by atoms with van der Waals surface area (Å²) < 4.78 is 5.45. The van der Waals surface area contributed by atoms with Gasteiger partial charge in [-0.05, 0) is 25.0 Å². The molecule has 2 aliphatic rings. The maximum Gasteiger partial charge on any atom is 0.287 e. The predicted molar refractivity (Wildman–Crippen MR) is 89.9 cm³/mol. The van der Waals surface area contributed by atoms with Crippen LogP contribution in [0.2, 0.25) is 0 Å². The molecular weight excluding hydrogens is 308 g/mol. The molecule has 0 unspecified atom stereocenters. The Morgan fingerprint density at radius 3 is 2.75 bits per heavy atom. The van der Waals surface area contributed by atoms with Crippen molar-refractivity contribution in [2.75, 3.05) is 31.6 Å². The van der Waals surface area contributed by atoms with Crippen LogP contribution in [0.1, 0.15) is 31.2 Å². The van der Waals surface area contributed by atoms with Crippen molar-refractivity contribution in [2.45, 2.75) is 37.8 Å². The summed E-state index contributed by atoms with van der Waals surface area (Å²) in [6.45, 7) is 3.46. The highest BCUT2D eigenvalue weighted by Crippen LogP contribution is 2.28. The van der Waals surface area contributed by atoms with Gasteiger partial charge in [-0.3, -0.25) is 15.0 Å². The molecule has 0 spiro atoms. The lowest BCUT2D eigenvalue weighted by Crippen LogP contribution is -2.52. The Balaban J connectivity index is 1.75. The van der Waals surface area contributed by atoms with Crippen LogP contribution in [0.15, 0.2) is 18.2 Å². The third kappa shape index (κ3) is 3.66. The van der Waals surface area contributed by atoms with Crippen LogP contribution < -0.4 is 5.32 Å². The van der Waals surface area contributed by atoms with Crippen molar-refractivity contribution in [1.29, 1.82) is 5.26 Å². The number of rotatable bonds is 4. The number of hydrogen-bond acceptors (Lipinski definition) is 6. The molecule has 0 aromatic heterocycles. The minimum Gasteiger partial charge on any atom is -0.381 e. The van der Waals surface area contributed by atoms with Crippen LogP contribution in [-0.4, -0.2) is 48.2 Å². The molecule has 0 amide bonds. The van der Waals surface area contributed by atoms with Crippen LogP contribution in [0.25, 0.3) is 0 Å². The summed E-state index contributed by atoms with van der Waals surface area (Å²) in [5, 5.41) is 23.6. The number of ether oxygens (including phenoxy) is 1. The van der Waals surface area contributed by atoms with Crippen LogP contribution in [0.3, 0.4) is 0 Å². The average Bonchev–Trinajstić information content (AvgIpc) is 2.62. The molecule has 1 aromatic rings. The van der Waals surface area contributed by atoms with Gasteiger partial charge in [0.25, 0.3) is 5.69 Å². The van der Waals surface area contributed by atoms with E-state index in [0.717, 1.165) is 44.8 Å². The Morgan fingerprint density at radius 2 is 2.04 bits per heavy atom. The molecule has 1 aliphatic heterocycles. The molecule has 1 saturated carbocycles. The number of anilines is 1. The molecular formula is C17H22N4O3. The van der Waals surface area contributed by atoms with E-state index in [1.54, 1.807) is 12.1 Å². The molecule has 1 heterocycles. The van der Waals surface area contributed by atoms with Gasteiger partial charge in [0, 0.05) is 36.9 Å². The van der Waals surface area contributed by atoms with E-state index in [1.807, 2.05) is 6.07 Å². The zero-order valence-electron chi connectivity index (χ0n) is 13.6. The summed E-state index contributed by atoms with van der Waals surface area (Å²) >= 11 is 0. The number of hydrogen-bond donors (Lipinski definition) is 1. The van der Waals surface area contributed by atoms with Crippen molar-refractivity contribution >= 4 is 11.4 Å². The Labute approximate surface area is 141 Å². The first-order valence-corrected chi connectivity index (χ1v) is 8.46. The van der Waals surface area contributed by atoms with Crippen molar-refractivity contribution in [2.24, 2.45) is 0 Å². The van der Waals surface area contributed by atoms with Crippen LogP contribution >= 0.6 is 0 Å². The molecule has 1 saturated heterocycles. The number of nitro benzene ring substituents is 1.